The molecule has 49 heavy (non-hydrogen) atoms. The second-order valence-electron chi connectivity index (χ2n) is 10.9. The Labute approximate surface area is 285 Å². The first-order valence-corrected chi connectivity index (χ1v) is 17.0. The number of hydrogen-bond donors (Lipinski definition) is 0. The summed E-state index contributed by atoms with van der Waals surface area (Å²) in [5.41, 5.74) is 1.16. The molecule has 0 aliphatic rings. The summed E-state index contributed by atoms with van der Waals surface area (Å²) in [7, 11) is -2.13. The molecule has 0 saturated heterocycles. The van der Waals surface area contributed by atoms with Gasteiger partial charge in [-0.1, -0.05) is 17.7 Å². The van der Waals surface area contributed by atoms with Crippen molar-refractivity contribution in [3.63, 3.8) is 0 Å². The lowest BCUT2D eigenvalue weighted by Gasteiger charge is -2.11. The Balaban J connectivity index is 1.01. The third-order valence-corrected chi connectivity index (χ3v) is 9.04. The van der Waals surface area contributed by atoms with E-state index in [0.29, 0.717) is 53.5 Å². The molecular formula is C40H34O8S. The molecule has 0 fully saturated rings. The largest absolute Gasteiger partial charge is 0.491 e. The van der Waals surface area contributed by atoms with Gasteiger partial charge in [-0.3, -0.25) is 0 Å². The highest BCUT2D eigenvalue weighted by atomic mass is 32.2. The third-order valence-electron chi connectivity index (χ3n) is 7.26. The van der Waals surface area contributed by atoms with E-state index in [1.165, 1.54) is 24.3 Å². The topological polar surface area (TPSA) is 89.5 Å². The fourth-order valence-electron chi connectivity index (χ4n) is 4.66. The van der Waals surface area contributed by atoms with E-state index < -0.39 is 9.84 Å². The lowest BCUT2D eigenvalue weighted by molar-refractivity contribution is 0.146. The van der Waals surface area contributed by atoms with Crippen LogP contribution in [0.1, 0.15) is 5.56 Å². The predicted octanol–water partition coefficient (Wildman–Crippen LogP) is 10.0. The monoisotopic (exact) mass is 674 g/mol. The van der Waals surface area contributed by atoms with Gasteiger partial charge in [0.2, 0.25) is 9.84 Å². The molecule has 0 aromatic heterocycles. The minimum atomic E-state index is -3.76. The average Bonchev–Trinajstić information content (AvgIpc) is 3.12. The molecule has 0 spiro atoms. The van der Waals surface area contributed by atoms with E-state index in [4.69, 9.17) is 28.4 Å². The summed E-state index contributed by atoms with van der Waals surface area (Å²) in [5.74, 6) is 5.65. The molecule has 0 bridgehead atoms. The molecule has 0 amide bonds. The van der Waals surface area contributed by atoms with E-state index >= 15 is 0 Å². The second-order valence-corrected chi connectivity index (χ2v) is 12.9. The molecule has 0 N–H and O–H groups in total. The molecule has 0 heterocycles. The highest BCUT2D eigenvalue weighted by Crippen LogP contribution is 2.31. The van der Waals surface area contributed by atoms with Gasteiger partial charge < -0.3 is 28.4 Å². The Kier molecular flexibility index (Phi) is 10.4. The van der Waals surface area contributed by atoms with Gasteiger partial charge in [-0.2, -0.15) is 0 Å². The fourth-order valence-corrected chi connectivity index (χ4v) is 5.92. The molecule has 6 aromatic rings. The van der Waals surface area contributed by atoms with Crippen LogP contribution in [0.25, 0.3) is 0 Å². The predicted molar refractivity (Wildman–Crippen MR) is 187 cm³/mol. The van der Waals surface area contributed by atoms with E-state index in [2.05, 4.69) is 0 Å². The average molecular weight is 675 g/mol. The van der Waals surface area contributed by atoms with Gasteiger partial charge in [-0.15, -0.1) is 0 Å². The summed E-state index contributed by atoms with van der Waals surface area (Å²) in [6, 6.07) is 42.1. The quantitative estimate of drug-likeness (QED) is 0.106. The highest BCUT2D eigenvalue weighted by Gasteiger charge is 2.18. The molecule has 9 heteroatoms. The maximum atomic E-state index is 13.3. The summed E-state index contributed by atoms with van der Waals surface area (Å²) in [6.45, 7) is 3.02. The van der Waals surface area contributed by atoms with Gasteiger partial charge in [0.1, 0.15) is 58.4 Å². The van der Waals surface area contributed by atoms with Crippen molar-refractivity contribution in [2.75, 3.05) is 20.3 Å². The van der Waals surface area contributed by atoms with Crippen molar-refractivity contribution in [1.82, 2.24) is 0 Å². The number of methoxy groups -OCH3 is 1. The van der Waals surface area contributed by atoms with E-state index in [-0.39, 0.29) is 9.79 Å². The zero-order valence-corrected chi connectivity index (χ0v) is 27.8. The van der Waals surface area contributed by atoms with Gasteiger partial charge in [0.15, 0.2) is 0 Å². The van der Waals surface area contributed by atoms with Crippen LogP contribution in [0.5, 0.6) is 51.7 Å². The smallest absolute Gasteiger partial charge is 0.206 e. The van der Waals surface area contributed by atoms with Crippen LogP contribution in [0.3, 0.4) is 0 Å². The second kappa shape index (κ2) is 15.4. The molecule has 0 atom stereocenters. The number of ether oxygens (including phenoxy) is 6. The first-order chi connectivity index (χ1) is 23.8. The summed E-state index contributed by atoms with van der Waals surface area (Å²) in [4.78, 5) is 0.302. The van der Waals surface area contributed by atoms with Crippen LogP contribution in [0, 0.1) is 6.92 Å². The first kappa shape index (κ1) is 33.1. The summed E-state index contributed by atoms with van der Waals surface area (Å²) < 4.78 is 60.8. The molecule has 0 aliphatic heterocycles. The maximum Gasteiger partial charge on any atom is 0.206 e. The number of sulfone groups is 1. The Morgan fingerprint density at radius 1 is 0.388 bits per heavy atom. The summed E-state index contributed by atoms with van der Waals surface area (Å²) in [5, 5.41) is 0. The van der Waals surface area contributed by atoms with Crippen LogP contribution >= 0.6 is 0 Å². The minimum absolute atomic E-state index is 0.150. The molecule has 6 rings (SSSR count). The molecule has 6 aromatic carbocycles. The van der Waals surface area contributed by atoms with Crippen molar-refractivity contribution in [2.24, 2.45) is 0 Å². The highest BCUT2D eigenvalue weighted by molar-refractivity contribution is 7.91. The number of rotatable bonds is 14. The third kappa shape index (κ3) is 8.98. The number of aryl methyl sites for hydroxylation is 1. The molecule has 8 nitrogen and oxygen atoms in total. The molecule has 248 valence electrons. The molecule has 0 radical (unpaired) electrons. The minimum Gasteiger partial charge on any atom is -0.491 e. The Morgan fingerprint density at radius 3 is 0.959 bits per heavy atom. The zero-order chi connectivity index (χ0) is 34.1. The van der Waals surface area contributed by atoms with Crippen molar-refractivity contribution >= 4 is 9.84 Å². The van der Waals surface area contributed by atoms with Gasteiger partial charge in [-0.05, 0) is 140 Å². The number of benzene rings is 6. The van der Waals surface area contributed by atoms with Crippen LogP contribution < -0.4 is 23.7 Å². The lowest BCUT2D eigenvalue weighted by Crippen LogP contribution is -2.03. The first-order valence-electron chi connectivity index (χ1n) is 15.5. The Bertz CT molecular complexity index is 2040. The van der Waals surface area contributed by atoms with E-state index in [1.54, 1.807) is 67.8 Å². The fraction of sp³-hybridized carbons (Fsp3) is 0.100. The van der Waals surface area contributed by atoms with E-state index in [1.807, 2.05) is 67.6 Å². The number of hydrogen-bond acceptors (Lipinski definition) is 8. The van der Waals surface area contributed by atoms with Crippen molar-refractivity contribution < 1.29 is 36.8 Å². The maximum absolute atomic E-state index is 13.3. The van der Waals surface area contributed by atoms with Crippen molar-refractivity contribution in [3.8, 4) is 51.7 Å². The molecule has 0 aliphatic carbocycles. The van der Waals surface area contributed by atoms with Crippen LogP contribution in [0.15, 0.2) is 155 Å². The van der Waals surface area contributed by atoms with E-state index in [9.17, 15) is 8.42 Å². The van der Waals surface area contributed by atoms with Gasteiger partial charge in [0, 0.05) is 7.11 Å². The lowest BCUT2D eigenvalue weighted by atomic mass is 10.2. The van der Waals surface area contributed by atoms with Crippen molar-refractivity contribution in [1.29, 1.82) is 0 Å². The Hall–Kier alpha value is -5.77. The van der Waals surface area contributed by atoms with Crippen LogP contribution in [-0.4, -0.2) is 28.7 Å². The summed E-state index contributed by atoms with van der Waals surface area (Å²) in [6.07, 6.45) is 0. The normalized spacial score (nSPS) is 11.1. The molecule has 0 unspecified atom stereocenters. The zero-order valence-electron chi connectivity index (χ0n) is 26.9. The van der Waals surface area contributed by atoms with Gasteiger partial charge >= 0.3 is 0 Å². The van der Waals surface area contributed by atoms with Crippen LogP contribution in [-0.2, 0) is 14.6 Å². The molecular weight excluding hydrogens is 640 g/mol. The standard InChI is InChI=1S/C40H34O8S/c1-29-3-5-31(6-4-29)45-33-11-15-35(16-12-33)47-37-19-23-39(24-20-37)49(41,42)40-25-21-38(22-26-40)48-36-17-13-34(14-18-36)46-32-9-7-30(8-10-32)44-28-27-43-2/h3-26H,27-28H2,1-2H3. The van der Waals surface area contributed by atoms with Crippen LogP contribution in [0.2, 0.25) is 0 Å². The van der Waals surface area contributed by atoms with Gasteiger partial charge in [0.05, 0.1) is 16.4 Å². The van der Waals surface area contributed by atoms with Crippen molar-refractivity contribution in [3.05, 3.63) is 151 Å². The van der Waals surface area contributed by atoms with Crippen LogP contribution in [0.4, 0.5) is 0 Å². The Morgan fingerprint density at radius 2 is 0.653 bits per heavy atom. The summed E-state index contributed by atoms with van der Waals surface area (Å²) >= 11 is 0. The van der Waals surface area contributed by atoms with E-state index in [0.717, 1.165) is 17.1 Å². The van der Waals surface area contributed by atoms with Crippen molar-refractivity contribution in [2.45, 2.75) is 16.7 Å². The SMILES string of the molecule is COCCOc1ccc(Oc2ccc(Oc3ccc(S(=O)(=O)c4ccc(Oc5ccc(Oc6ccc(C)cc6)cc5)cc4)cc3)cc2)cc1. The van der Waals surface area contributed by atoms with Gasteiger partial charge in [0.25, 0.3) is 0 Å². The van der Waals surface area contributed by atoms with Gasteiger partial charge in [-0.25, -0.2) is 8.42 Å². The molecule has 0 saturated carbocycles.